The van der Waals surface area contributed by atoms with E-state index in [-0.39, 0.29) is 22.9 Å². The molecule has 1 unspecified atom stereocenters. The first-order valence-electron chi connectivity index (χ1n) is 10.7. The normalized spacial score (nSPS) is 15.7. The third-order valence-corrected chi connectivity index (χ3v) is 6.83. The highest BCUT2D eigenvalue weighted by Gasteiger charge is 2.44. The van der Waals surface area contributed by atoms with Gasteiger partial charge in [0.15, 0.2) is 22.9 Å². The lowest BCUT2D eigenvalue weighted by Gasteiger charge is -2.27. The maximum absolute atomic E-state index is 13.8. The highest BCUT2D eigenvalue weighted by Crippen LogP contribution is 2.42. The summed E-state index contributed by atoms with van der Waals surface area (Å²) in [4.78, 5) is 32.4. The average molecular weight is 544 g/mol. The number of amides is 1. The van der Waals surface area contributed by atoms with Crippen LogP contribution >= 0.6 is 34.8 Å². The Balaban J connectivity index is 1.63. The Kier molecular flexibility index (Phi) is 6.38. The van der Waals surface area contributed by atoms with Crippen molar-refractivity contribution in [3.05, 3.63) is 104 Å². The van der Waals surface area contributed by atoms with Crippen molar-refractivity contribution in [2.45, 2.75) is 12.6 Å². The summed E-state index contributed by atoms with van der Waals surface area (Å²) in [6.07, 6.45) is 3.21. The summed E-state index contributed by atoms with van der Waals surface area (Å²) in [5.41, 5.74) is 1.37. The van der Waals surface area contributed by atoms with Crippen LogP contribution in [0.3, 0.4) is 0 Å². The summed E-state index contributed by atoms with van der Waals surface area (Å²) in [5, 5.41) is 12.4. The summed E-state index contributed by atoms with van der Waals surface area (Å²) >= 11 is 18.5. The maximum atomic E-state index is 13.8. The number of aromatic nitrogens is 1. The number of halogens is 3. The van der Waals surface area contributed by atoms with Crippen molar-refractivity contribution in [1.82, 2.24) is 9.88 Å². The molecule has 182 valence electrons. The molecule has 2 aromatic carbocycles. The molecule has 10 heteroatoms. The molecule has 1 N–H and O–H groups in total. The molecule has 3 heterocycles. The zero-order chi connectivity index (χ0) is 25.6. The van der Waals surface area contributed by atoms with Gasteiger partial charge in [-0.05, 0) is 41.5 Å². The molecule has 1 aliphatic rings. The van der Waals surface area contributed by atoms with Gasteiger partial charge in [0.25, 0.3) is 5.91 Å². The highest BCUT2D eigenvalue weighted by atomic mass is 35.5. The van der Waals surface area contributed by atoms with Gasteiger partial charge in [0.05, 0.1) is 28.8 Å². The second-order valence-corrected chi connectivity index (χ2v) is 9.35. The molecule has 1 atom stereocenters. The number of pyridine rings is 1. The van der Waals surface area contributed by atoms with Crippen LogP contribution in [0.4, 0.5) is 0 Å². The molecule has 36 heavy (non-hydrogen) atoms. The largest absolute Gasteiger partial charge is 0.503 e. The van der Waals surface area contributed by atoms with Crippen molar-refractivity contribution < 1.29 is 23.8 Å². The van der Waals surface area contributed by atoms with Gasteiger partial charge in [-0.15, -0.1) is 0 Å². The van der Waals surface area contributed by atoms with E-state index in [9.17, 15) is 14.7 Å². The zero-order valence-corrected chi connectivity index (χ0v) is 20.9. The fraction of sp³-hybridized carbons (Fsp3) is 0.115. The molecule has 7 nitrogen and oxygen atoms in total. The molecule has 1 amide bonds. The predicted molar refractivity (Wildman–Crippen MR) is 136 cm³/mol. The van der Waals surface area contributed by atoms with E-state index in [0.29, 0.717) is 37.9 Å². The number of Topliss-reactive ketones (excluding diaryl/α,β-unsaturated/α-hetero) is 1. The molecule has 5 rings (SSSR count). The minimum atomic E-state index is -0.960. The first-order valence-corrected chi connectivity index (χ1v) is 11.8. The lowest BCUT2D eigenvalue weighted by atomic mass is 9.95. The lowest BCUT2D eigenvalue weighted by Crippen LogP contribution is -2.30. The van der Waals surface area contributed by atoms with Crippen LogP contribution in [0.5, 0.6) is 5.75 Å². The van der Waals surface area contributed by atoms with E-state index in [1.165, 1.54) is 18.1 Å². The summed E-state index contributed by atoms with van der Waals surface area (Å²) in [6.45, 7) is 0.0853. The first-order chi connectivity index (χ1) is 17.3. The van der Waals surface area contributed by atoms with E-state index in [1.54, 1.807) is 54.9 Å². The van der Waals surface area contributed by atoms with Crippen LogP contribution in [0.1, 0.15) is 27.7 Å². The molecule has 0 bridgehead atoms. The Bertz CT molecular complexity index is 1550. The number of methoxy groups -OCH3 is 1. The Morgan fingerprint density at radius 3 is 2.64 bits per heavy atom. The van der Waals surface area contributed by atoms with Crippen LogP contribution in [0.2, 0.25) is 15.1 Å². The van der Waals surface area contributed by atoms with Crippen LogP contribution < -0.4 is 4.74 Å². The molecule has 0 fully saturated rings. The lowest BCUT2D eigenvalue weighted by molar-refractivity contribution is -0.130. The molecule has 0 saturated carbocycles. The summed E-state index contributed by atoms with van der Waals surface area (Å²) in [7, 11) is 1.45. The summed E-state index contributed by atoms with van der Waals surface area (Å²) < 4.78 is 11.1. The number of carbonyl (C=O) groups excluding carboxylic acids is 2. The first kappa shape index (κ1) is 24.2. The summed E-state index contributed by atoms with van der Waals surface area (Å²) in [6, 6.07) is 12.0. The topological polar surface area (TPSA) is 92.9 Å². The minimum Gasteiger partial charge on any atom is -0.503 e. The molecule has 0 saturated heterocycles. The SMILES string of the molecule is COc1cc(Cl)cc2cc(C(=O)C3=C(O)C(=O)N(Cc4cccnc4)C3c3ccc(Cl)c(Cl)c3)oc12. The second-order valence-electron chi connectivity index (χ2n) is 8.10. The van der Waals surface area contributed by atoms with Gasteiger partial charge in [-0.3, -0.25) is 14.6 Å². The number of hydrogen-bond acceptors (Lipinski definition) is 6. The third kappa shape index (κ3) is 4.19. The predicted octanol–water partition coefficient (Wildman–Crippen LogP) is 6.58. The third-order valence-electron chi connectivity index (χ3n) is 5.87. The van der Waals surface area contributed by atoms with Crippen molar-refractivity contribution in [3.8, 4) is 5.75 Å². The molecule has 0 radical (unpaired) electrons. The van der Waals surface area contributed by atoms with Crippen LogP contribution in [0.25, 0.3) is 11.0 Å². The van der Waals surface area contributed by atoms with Crippen molar-refractivity contribution in [1.29, 1.82) is 0 Å². The van der Waals surface area contributed by atoms with Crippen LogP contribution in [0, 0.1) is 0 Å². The van der Waals surface area contributed by atoms with Crippen LogP contribution in [-0.2, 0) is 11.3 Å². The Morgan fingerprint density at radius 1 is 1.14 bits per heavy atom. The molecule has 4 aromatic rings. The fourth-order valence-electron chi connectivity index (χ4n) is 4.25. The average Bonchev–Trinajstić information content (AvgIpc) is 3.40. The Labute approximate surface area is 220 Å². The van der Waals surface area contributed by atoms with Gasteiger partial charge in [-0.25, -0.2) is 0 Å². The van der Waals surface area contributed by atoms with Crippen molar-refractivity contribution in [3.63, 3.8) is 0 Å². The van der Waals surface area contributed by atoms with Crippen molar-refractivity contribution in [2.75, 3.05) is 7.11 Å². The van der Waals surface area contributed by atoms with Crippen LogP contribution in [-0.4, -0.2) is 33.8 Å². The van der Waals surface area contributed by atoms with Gasteiger partial charge in [-0.2, -0.15) is 0 Å². The number of ether oxygens (including phenoxy) is 1. The highest BCUT2D eigenvalue weighted by molar-refractivity contribution is 6.42. The Morgan fingerprint density at radius 2 is 1.94 bits per heavy atom. The van der Waals surface area contributed by atoms with Gasteiger partial charge < -0.3 is 19.2 Å². The van der Waals surface area contributed by atoms with E-state index in [0.717, 1.165) is 0 Å². The van der Waals surface area contributed by atoms with E-state index in [4.69, 9.17) is 44.0 Å². The number of benzene rings is 2. The number of hydrogen-bond donors (Lipinski definition) is 1. The van der Waals surface area contributed by atoms with Gasteiger partial charge in [-0.1, -0.05) is 46.9 Å². The standard InChI is InChI=1S/C26H17Cl3N2O5/c1-35-20-10-16(27)7-15-9-19(36-25(15)20)23(32)21-22(14-4-5-17(28)18(29)8-14)31(26(34)24(21)33)12-13-3-2-6-30-11-13/h2-11,22,33H,12H2,1H3. The van der Waals surface area contributed by atoms with E-state index in [1.807, 2.05) is 0 Å². The number of aliphatic hydroxyl groups excluding tert-OH is 1. The number of furan rings is 1. The minimum absolute atomic E-state index is 0.0853. The molecule has 2 aromatic heterocycles. The smallest absolute Gasteiger partial charge is 0.290 e. The maximum Gasteiger partial charge on any atom is 0.290 e. The van der Waals surface area contributed by atoms with Crippen LogP contribution in [0.15, 0.2) is 76.7 Å². The molecular formula is C26H17Cl3N2O5. The number of ketones is 1. The molecular weight excluding hydrogens is 527 g/mol. The van der Waals surface area contributed by atoms with E-state index < -0.39 is 23.5 Å². The number of nitrogens with zero attached hydrogens (tertiary/aromatic N) is 2. The zero-order valence-electron chi connectivity index (χ0n) is 18.7. The number of aliphatic hydroxyl groups is 1. The quantitative estimate of drug-likeness (QED) is 0.276. The van der Waals surface area contributed by atoms with Crippen molar-refractivity contribution in [2.24, 2.45) is 0 Å². The number of carbonyl (C=O) groups is 2. The molecule has 0 spiro atoms. The van der Waals surface area contributed by atoms with Gasteiger partial charge >= 0.3 is 0 Å². The number of fused-ring (bicyclic) bond motifs is 1. The second kappa shape index (κ2) is 9.50. The van der Waals surface area contributed by atoms with Crippen molar-refractivity contribution >= 4 is 57.5 Å². The monoisotopic (exact) mass is 542 g/mol. The van der Waals surface area contributed by atoms with E-state index >= 15 is 0 Å². The Hall–Kier alpha value is -3.52. The number of rotatable bonds is 6. The van der Waals surface area contributed by atoms with Gasteiger partial charge in [0.2, 0.25) is 5.78 Å². The van der Waals surface area contributed by atoms with E-state index in [2.05, 4.69) is 4.98 Å². The fourth-order valence-corrected chi connectivity index (χ4v) is 4.77. The molecule has 0 aliphatic carbocycles. The van der Waals surface area contributed by atoms with Gasteiger partial charge in [0, 0.05) is 35.4 Å². The van der Waals surface area contributed by atoms with Gasteiger partial charge in [0.1, 0.15) is 0 Å². The summed E-state index contributed by atoms with van der Waals surface area (Å²) in [5.74, 6) is -1.80. The molecule has 1 aliphatic heterocycles.